The molecule has 1 aliphatic rings. The highest BCUT2D eigenvalue weighted by molar-refractivity contribution is 6.33. The molecule has 2 aromatic heterocycles. The van der Waals surface area contributed by atoms with Gasteiger partial charge in [-0.05, 0) is 48.2 Å². The van der Waals surface area contributed by atoms with Crippen molar-refractivity contribution in [1.82, 2.24) is 30.5 Å². The molecule has 1 aliphatic heterocycles. The zero-order valence-corrected chi connectivity index (χ0v) is 21.2. The zero-order valence-electron chi connectivity index (χ0n) is 20.4. The second kappa shape index (κ2) is 10.3. The van der Waals surface area contributed by atoms with Crippen molar-refractivity contribution < 1.29 is 0 Å². The van der Waals surface area contributed by atoms with E-state index >= 15 is 0 Å². The molecule has 7 nitrogen and oxygen atoms in total. The summed E-state index contributed by atoms with van der Waals surface area (Å²) in [7, 11) is 0. The first kappa shape index (κ1) is 23.8. The summed E-state index contributed by atoms with van der Waals surface area (Å²) in [5, 5.41) is 15.2. The number of H-pyrrole nitrogens is 1. The molecule has 0 saturated carbocycles. The van der Waals surface area contributed by atoms with Crippen molar-refractivity contribution in [3.05, 3.63) is 101 Å². The number of anilines is 1. The van der Waals surface area contributed by atoms with Crippen molar-refractivity contribution in [3.63, 3.8) is 0 Å². The van der Waals surface area contributed by atoms with Gasteiger partial charge in [0.25, 0.3) is 0 Å². The van der Waals surface area contributed by atoms with E-state index in [0.29, 0.717) is 12.4 Å². The normalized spacial score (nSPS) is 13.4. The second-order valence-electron chi connectivity index (χ2n) is 8.83. The fourth-order valence-corrected chi connectivity index (χ4v) is 4.81. The fourth-order valence-electron chi connectivity index (χ4n) is 4.50. The summed E-state index contributed by atoms with van der Waals surface area (Å²) in [6.07, 6.45) is 7.30. The van der Waals surface area contributed by atoms with Crippen LogP contribution in [0.25, 0.3) is 22.6 Å². The molecule has 4 aromatic rings. The molecule has 0 fully saturated rings. The standard InChI is InChI=1S/C28H28ClN7/c1-4-5-10-22-18-36(27-19(2)9-8-13-25(27)29)20(3)35(22)17-21-14-15-26(30-16-21)23-11-6-7-12-24(23)28-31-33-34-32-28/h6-9,11-16,18H,3-5,10,17H2,1-2H3,(H,31,32,33,34). The average Bonchev–Trinajstić information content (AvgIpc) is 3.53. The van der Waals surface area contributed by atoms with E-state index in [2.05, 4.69) is 69.2 Å². The molecule has 36 heavy (non-hydrogen) atoms. The second-order valence-corrected chi connectivity index (χ2v) is 9.24. The summed E-state index contributed by atoms with van der Waals surface area (Å²) in [4.78, 5) is 9.17. The summed E-state index contributed by atoms with van der Waals surface area (Å²) in [5.41, 5.74) is 7.12. The lowest BCUT2D eigenvalue weighted by atomic mass is 10.0. The largest absolute Gasteiger partial charge is 0.326 e. The molecule has 0 radical (unpaired) electrons. The number of tetrazole rings is 1. The number of nitrogens with one attached hydrogen (secondary N) is 1. The molecule has 0 unspecified atom stereocenters. The average molecular weight is 498 g/mol. The molecule has 0 aliphatic carbocycles. The molecule has 0 bridgehead atoms. The Kier molecular flexibility index (Phi) is 6.82. The number of unbranched alkanes of at least 4 members (excludes halogenated alkanes) is 1. The van der Waals surface area contributed by atoms with E-state index in [0.717, 1.165) is 63.7 Å². The van der Waals surface area contributed by atoms with Gasteiger partial charge in [-0.1, -0.05) is 74.0 Å². The minimum absolute atomic E-state index is 0.547. The van der Waals surface area contributed by atoms with Crippen LogP contribution in [0.3, 0.4) is 0 Å². The SMILES string of the molecule is C=C1N(Cc2ccc(-c3ccccc3-c3nn[nH]n3)nc2)C(CCCC)=CN1c1c(C)cccc1Cl. The Morgan fingerprint density at radius 2 is 1.86 bits per heavy atom. The Balaban J connectivity index is 1.41. The number of rotatable bonds is 8. The van der Waals surface area contributed by atoms with Crippen LogP contribution >= 0.6 is 11.6 Å². The van der Waals surface area contributed by atoms with Gasteiger partial charge in [-0.15, -0.1) is 10.2 Å². The predicted molar refractivity (Wildman–Crippen MR) is 144 cm³/mol. The Hall–Kier alpha value is -3.97. The van der Waals surface area contributed by atoms with Gasteiger partial charge in [0, 0.05) is 29.2 Å². The number of benzene rings is 2. The molecular formula is C28H28ClN7. The van der Waals surface area contributed by atoms with Crippen LogP contribution in [-0.2, 0) is 6.54 Å². The number of halogens is 1. The Morgan fingerprint density at radius 1 is 1.03 bits per heavy atom. The molecule has 2 aromatic carbocycles. The molecule has 5 rings (SSSR count). The lowest BCUT2D eigenvalue weighted by molar-refractivity contribution is 0.416. The van der Waals surface area contributed by atoms with Gasteiger partial charge in [0.05, 0.1) is 22.9 Å². The Bertz CT molecular complexity index is 1370. The quantitative estimate of drug-likeness (QED) is 0.291. The van der Waals surface area contributed by atoms with Crippen LogP contribution in [0.5, 0.6) is 0 Å². The first-order chi connectivity index (χ1) is 17.6. The first-order valence-corrected chi connectivity index (χ1v) is 12.4. The summed E-state index contributed by atoms with van der Waals surface area (Å²) in [6, 6.07) is 18.1. The van der Waals surface area contributed by atoms with Crippen molar-refractivity contribution in [2.24, 2.45) is 0 Å². The highest BCUT2D eigenvalue weighted by Crippen LogP contribution is 2.39. The topological polar surface area (TPSA) is 73.8 Å². The summed E-state index contributed by atoms with van der Waals surface area (Å²) in [6.45, 7) is 9.39. The van der Waals surface area contributed by atoms with E-state index < -0.39 is 0 Å². The number of para-hydroxylation sites is 1. The zero-order chi connectivity index (χ0) is 25.1. The van der Waals surface area contributed by atoms with Crippen molar-refractivity contribution in [1.29, 1.82) is 0 Å². The van der Waals surface area contributed by atoms with Gasteiger partial charge in [-0.2, -0.15) is 5.21 Å². The number of hydrogen-bond donors (Lipinski definition) is 1. The van der Waals surface area contributed by atoms with Gasteiger partial charge < -0.3 is 9.80 Å². The lowest BCUT2D eigenvalue weighted by Gasteiger charge is -2.27. The molecule has 8 heteroatoms. The lowest BCUT2D eigenvalue weighted by Crippen LogP contribution is -2.24. The van der Waals surface area contributed by atoms with E-state index in [1.54, 1.807) is 0 Å². The monoisotopic (exact) mass is 497 g/mol. The minimum Gasteiger partial charge on any atom is -0.326 e. The third-order valence-corrected chi connectivity index (χ3v) is 6.69. The third-order valence-electron chi connectivity index (χ3n) is 6.39. The fraction of sp³-hybridized carbons (Fsp3) is 0.214. The van der Waals surface area contributed by atoms with Crippen LogP contribution in [0.1, 0.15) is 37.3 Å². The molecule has 0 saturated heterocycles. The number of nitrogens with zero attached hydrogens (tertiary/aromatic N) is 6. The first-order valence-electron chi connectivity index (χ1n) is 12.1. The maximum Gasteiger partial charge on any atom is 0.205 e. The summed E-state index contributed by atoms with van der Waals surface area (Å²) in [5.74, 6) is 1.44. The van der Waals surface area contributed by atoms with Gasteiger partial charge in [0.15, 0.2) is 0 Å². The molecule has 0 spiro atoms. The number of aromatic nitrogens is 5. The van der Waals surface area contributed by atoms with Crippen molar-refractivity contribution in [2.45, 2.75) is 39.7 Å². The molecular weight excluding hydrogens is 470 g/mol. The van der Waals surface area contributed by atoms with Crippen molar-refractivity contribution >= 4 is 17.3 Å². The van der Waals surface area contributed by atoms with Gasteiger partial charge in [0.1, 0.15) is 5.82 Å². The van der Waals surface area contributed by atoms with Crippen LogP contribution in [0, 0.1) is 6.92 Å². The number of aryl methyl sites for hydroxylation is 1. The van der Waals surface area contributed by atoms with E-state index in [-0.39, 0.29) is 0 Å². The Morgan fingerprint density at radius 3 is 2.56 bits per heavy atom. The maximum absolute atomic E-state index is 6.60. The van der Waals surface area contributed by atoms with Gasteiger partial charge in [0.2, 0.25) is 5.82 Å². The maximum atomic E-state index is 6.60. The van der Waals surface area contributed by atoms with Crippen LogP contribution in [0.2, 0.25) is 5.02 Å². The Labute approximate surface area is 216 Å². The summed E-state index contributed by atoms with van der Waals surface area (Å²) < 4.78 is 0. The van der Waals surface area contributed by atoms with Crippen LogP contribution in [-0.4, -0.2) is 30.5 Å². The molecule has 0 atom stereocenters. The van der Waals surface area contributed by atoms with Crippen LogP contribution in [0.4, 0.5) is 5.69 Å². The van der Waals surface area contributed by atoms with Crippen molar-refractivity contribution in [3.8, 4) is 22.6 Å². The van der Waals surface area contributed by atoms with Crippen LogP contribution in [0.15, 0.2) is 85.1 Å². The van der Waals surface area contributed by atoms with E-state index in [9.17, 15) is 0 Å². The molecule has 1 N–H and O–H groups in total. The number of pyridine rings is 1. The van der Waals surface area contributed by atoms with E-state index in [4.69, 9.17) is 16.6 Å². The van der Waals surface area contributed by atoms with Crippen molar-refractivity contribution in [2.75, 3.05) is 4.90 Å². The highest BCUT2D eigenvalue weighted by Gasteiger charge is 2.28. The molecule has 3 heterocycles. The number of hydrogen-bond acceptors (Lipinski definition) is 6. The molecule has 182 valence electrons. The summed E-state index contributed by atoms with van der Waals surface area (Å²) >= 11 is 6.60. The van der Waals surface area contributed by atoms with E-state index in [1.807, 2.05) is 48.7 Å². The van der Waals surface area contributed by atoms with Crippen LogP contribution < -0.4 is 4.90 Å². The van der Waals surface area contributed by atoms with Gasteiger partial charge in [-0.25, -0.2) is 0 Å². The third kappa shape index (κ3) is 4.62. The predicted octanol–water partition coefficient (Wildman–Crippen LogP) is 6.72. The van der Waals surface area contributed by atoms with Gasteiger partial charge >= 0.3 is 0 Å². The molecule has 0 amide bonds. The highest BCUT2D eigenvalue weighted by atomic mass is 35.5. The minimum atomic E-state index is 0.547. The van der Waals surface area contributed by atoms with E-state index in [1.165, 1.54) is 5.70 Å². The number of allylic oxidation sites excluding steroid dienone is 1. The van der Waals surface area contributed by atoms with Gasteiger partial charge in [-0.3, -0.25) is 4.98 Å². The number of aromatic amines is 1. The smallest absolute Gasteiger partial charge is 0.205 e.